The van der Waals surface area contributed by atoms with Gasteiger partial charge in [0.1, 0.15) is 0 Å². The smallest absolute Gasteiger partial charge is 0.162 e. The lowest BCUT2D eigenvalue weighted by atomic mass is 9.91. The first kappa shape index (κ1) is 13.3. The molecule has 1 aliphatic heterocycles. The van der Waals surface area contributed by atoms with Crippen LogP contribution in [0.4, 0.5) is 0 Å². The van der Waals surface area contributed by atoms with Gasteiger partial charge in [-0.3, -0.25) is 9.78 Å². The van der Waals surface area contributed by atoms with Crippen molar-refractivity contribution >= 4 is 16.7 Å². The zero-order valence-electron chi connectivity index (χ0n) is 11.6. The molecule has 0 aliphatic carbocycles. The van der Waals surface area contributed by atoms with Gasteiger partial charge in [0.2, 0.25) is 0 Å². The molecular weight excluding hydrogens is 248 g/mol. The molecule has 2 aromatic rings. The Morgan fingerprint density at radius 3 is 2.95 bits per heavy atom. The Hall–Kier alpha value is -1.74. The fraction of sp³-hybridized carbons (Fsp3) is 0.412. The van der Waals surface area contributed by atoms with Crippen molar-refractivity contribution in [2.45, 2.75) is 25.7 Å². The molecule has 3 heteroatoms. The summed E-state index contributed by atoms with van der Waals surface area (Å²) in [5.41, 5.74) is 1.77. The second kappa shape index (κ2) is 6.14. The number of piperidine rings is 1. The molecule has 0 bridgehead atoms. The minimum atomic E-state index is 0.259. The molecule has 0 spiro atoms. The van der Waals surface area contributed by atoms with Crippen LogP contribution in [0, 0.1) is 5.92 Å². The quantitative estimate of drug-likeness (QED) is 0.866. The second-order valence-electron chi connectivity index (χ2n) is 5.57. The number of fused-ring (bicyclic) bond motifs is 1. The van der Waals surface area contributed by atoms with Gasteiger partial charge in [-0.1, -0.05) is 6.07 Å². The third-order valence-electron chi connectivity index (χ3n) is 4.16. The number of nitrogens with zero attached hydrogens (tertiary/aromatic N) is 1. The van der Waals surface area contributed by atoms with Gasteiger partial charge in [-0.05, 0) is 62.5 Å². The van der Waals surface area contributed by atoms with Gasteiger partial charge in [0.25, 0.3) is 0 Å². The number of ketones is 1. The van der Waals surface area contributed by atoms with Gasteiger partial charge in [0.15, 0.2) is 5.78 Å². The van der Waals surface area contributed by atoms with Crippen molar-refractivity contribution in [2.24, 2.45) is 5.92 Å². The van der Waals surface area contributed by atoms with E-state index in [9.17, 15) is 4.79 Å². The highest BCUT2D eigenvalue weighted by Crippen LogP contribution is 2.20. The fourth-order valence-electron chi connectivity index (χ4n) is 2.90. The SMILES string of the molecule is O=C(CCC1CCNCC1)c1ccc2ncccc2c1. The topological polar surface area (TPSA) is 42.0 Å². The standard InChI is InChI=1S/C17H20N2O/c20-17(6-3-13-7-10-18-11-8-13)15-4-5-16-14(12-15)2-1-9-19-16/h1-2,4-5,9,12-13,18H,3,6-8,10-11H2. The minimum Gasteiger partial charge on any atom is -0.317 e. The third-order valence-corrected chi connectivity index (χ3v) is 4.16. The Morgan fingerprint density at radius 1 is 1.25 bits per heavy atom. The highest BCUT2D eigenvalue weighted by molar-refractivity contribution is 5.99. The number of hydrogen-bond acceptors (Lipinski definition) is 3. The van der Waals surface area contributed by atoms with Gasteiger partial charge >= 0.3 is 0 Å². The molecule has 0 radical (unpaired) electrons. The summed E-state index contributed by atoms with van der Waals surface area (Å²) in [5, 5.41) is 4.40. The number of carbonyl (C=O) groups is 1. The Labute approximate surface area is 119 Å². The normalized spacial score (nSPS) is 16.4. The van der Waals surface area contributed by atoms with Crippen molar-refractivity contribution in [3.8, 4) is 0 Å². The van der Waals surface area contributed by atoms with E-state index in [2.05, 4.69) is 10.3 Å². The average molecular weight is 268 g/mol. The first-order valence-corrected chi connectivity index (χ1v) is 7.41. The van der Waals surface area contributed by atoms with Crippen LogP contribution >= 0.6 is 0 Å². The Bertz CT molecular complexity index is 603. The fourth-order valence-corrected chi connectivity index (χ4v) is 2.90. The van der Waals surface area contributed by atoms with Crippen LogP contribution in [0.25, 0.3) is 10.9 Å². The third kappa shape index (κ3) is 3.05. The van der Waals surface area contributed by atoms with Crippen molar-refractivity contribution in [1.82, 2.24) is 10.3 Å². The van der Waals surface area contributed by atoms with E-state index in [0.29, 0.717) is 12.3 Å². The lowest BCUT2D eigenvalue weighted by Crippen LogP contribution is -2.27. The molecule has 1 fully saturated rings. The predicted octanol–water partition coefficient (Wildman–Crippen LogP) is 3.20. The van der Waals surface area contributed by atoms with E-state index in [4.69, 9.17) is 0 Å². The summed E-state index contributed by atoms with van der Waals surface area (Å²) in [7, 11) is 0. The van der Waals surface area contributed by atoms with Crippen LogP contribution < -0.4 is 5.32 Å². The molecular formula is C17H20N2O. The van der Waals surface area contributed by atoms with Crippen molar-refractivity contribution in [3.05, 3.63) is 42.1 Å². The van der Waals surface area contributed by atoms with Gasteiger partial charge < -0.3 is 5.32 Å². The monoisotopic (exact) mass is 268 g/mol. The summed E-state index contributed by atoms with van der Waals surface area (Å²) in [5.74, 6) is 0.969. The molecule has 3 rings (SSSR count). The van der Waals surface area contributed by atoms with Crippen LogP contribution in [0.15, 0.2) is 36.5 Å². The lowest BCUT2D eigenvalue weighted by molar-refractivity contribution is 0.0971. The second-order valence-corrected chi connectivity index (χ2v) is 5.57. The number of Topliss-reactive ketones (excluding diaryl/α,β-unsaturated/α-hetero) is 1. The molecule has 0 atom stereocenters. The first-order chi connectivity index (χ1) is 9.83. The number of benzene rings is 1. The molecule has 1 aromatic heterocycles. The molecule has 104 valence electrons. The van der Waals surface area contributed by atoms with E-state index in [-0.39, 0.29) is 5.78 Å². The summed E-state index contributed by atoms with van der Waals surface area (Å²) in [6, 6.07) is 9.72. The van der Waals surface area contributed by atoms with Gasteiger partial charge in [-0.2, -0.15) is 0 Å². The van der Waals surface area contributed by atoms with Crippen LogP contribution in [0.1, 0.15) is 36.0 Å². The van der Waals surface area contributed by atoms with Crippen molar-refractivity contribution in [3.63, 3.8) is 0 Å². The van der Waals surface area contributed by atoms with Crippen LogP contribution in [0.5, 0.6) is 0 Å². The van der Waals surface area contributed by atoms with E-state index in [1.54, 1.807) is 6.20 Å². The van der Waals surface area contributed by atoms with E-state index in [1.165, 1.54) is 12.8 Å². The summed E-state index contributed by atoms with van der Waals surface area (Å²) < 4.78 is 0. The van der Waals surface area contributed by atoms with E-state index < -0.39 is 0 Å². The molecule has 1 aliphatic rings. The summed E-state index contributed by atoms with van der Waals surface area (Å²) in [6.07, 6.45) is 5.87. The lowest BCUT2D eigenvalue weighted by Gasteiger charge is -2.22. The minimum absolute atomic E-state index is 0.259. The average Bonchev–Trinajstić information content (AvgIpc) is 2.53. The van der Waals surface area contributed by atoms with E-state index in [1.807, 2.05) is 30.3 Å². The number of rotatable bonds is 4. The molecule has 20 heavy (non-hydrogen) atoms. The highest BCUT2D eigenvalue weighted by Gasteiger charge is 2.15. The van der Waals surface area contributed by atoms with Gasteiger partial charge in [-0.25, -0.2) is 0 Å². The molecule has 3 nitrogen and oxygen atoms in total. The maximum atomic E-state index is 12.3. The Kier molecular flexibility index (Phi) is 4.07. The number of pyridine rings is 1. The molecule has 2 heterocycles. The van der Waals surface area contributed by atoms with Gasteiger partial charge in [0, 0.05) is 23.6 Å². The van der Waals surface area contributed by atoms with Crippen molar-refractivity contribution < 1.29 is 4.79 Å². The van der Waals surface area contributed by atoms with Gasteiger partial charge in [-0.15, -0.1) is 0 Å². The van der Waals surface area contributed by atoms with Crippen LogP contribution in [-0.2, 0) is 0 Å². The molecule has 1 aromatic carbocycles. The van der Waals surface area contributed by atoms with Crippen LogP contribution in [0.3, 0.4) is 0 Å². The Balaban J connectivity index is 1.65. The number of carbonyl (C=O) groups excluding carboxylic acids is 1. The maximum absolute atomic E-state index is 12.3. The molecule has 0 saturated carbocycles. The van der Waals surface area contributed by atoms with Crippen LogP contribution in [-0.4, -0.2) is 23.9 Å². The Morgan fingerprint density at radius 2 is 2.10 bits per heavy atom. The van der Waals surface area contributed by atoms with Crippen molar-refractivity contribution in [2.75, 3.05) is 13.1 Å². The number of nitrogens with one attached hydrogen (secondary N) is 1. The molecule has 1 N–H and O–H groups in total. The maximum Gasteiger partial charge on any atom is 0.162 e. The predicted molar refractivity (Wildman–Crippen MR) is 80.9 cm³/mol. The molecule has 0 amide bonds. The summed E-state index contributed by atoms with van der Waals surface area (Å²) in [4.78, 5) is 16.6. The first-order valence-electron chi connectivity index (χ1n) is 7.41. The molecule has 0 unspecified atom stereocenters. The largest absolute Gasteiger partial charge is 0.317 e. The van der Waals surface area contributed by atoms with E-state index >= 15 is 0 Å². The molecule has 1 saturated heterocycles. The summed E-state index contributed by atoms with van der Waals surface area (Å²) in [6.45, 7) is 2.20. The number of aromatic nitrogens is 1. The van der Waals surface area contributed by atoms with E-state index in [0.717, 1.165) is 36.0 Å². The summed E-state index contributed by atoms with van der Waals surface area (Å²) >= 11 is 0. The number of hydrogen-bond donors (Lipinski definition) is 1. The van der Waals surface area contributed by atoms with Crippen LogP contribution in [0.2, 0.25) is 0 Å². The zero-order chi connectivity index (χ0) is 13.8. The van der Waals surface area contributed by atoms with Crippen molar-refractivity contribution in [1.29, 1.82) is 0 Å². The van der Waals surface area contributed by atoms with Gasteiger partial charge in [0.05, 0.1) is 5.52 Å². The zero-order valence-corrected chi connectivity index (χ0v) is 11.6. The highest BCUT2D eigenvalue weighted by atomic mass is 16.1.